The van der Waals surface area contributed by atoms with Crippen molar-refractivity contribution in [3.63, 3.8) is 0 Å². The van der Waals surface area contributed by atoms with Crippen molar-refractivity contribution in [2.45, 2.75) is 17.9 Å². The van der Waals surface area contributed by atoms with Gasteiger partial charge in [0.25, 0.3) is 0 Å². The molecule has 2 atom stereocenters. The molecule has 0 saturated carbocycles. The van der Waals surface area contributed by atoms with E-state index in [0.717, 1.165) is 5.56 Å². The van der Waals surface area contributed by atoms with Gasteiger partial charge in [0.2, 0.25) is 5.95 Å². The Morgan fingerprint density at radius 2 is 2.00 bits per heavy atom. The lowest BCUT2D eigenvalue weighted by Crippen LogP contribution is -2.21. The monoisotopic (exact) mass is 451 g/mol. The van der Waals surface area contributed by atoms with Crippen molar-refractivity contribution in [2.75, 3.05) is 30.6 Å². The van der Waals surface area contributed by atoms with Crippen LogP contribution in [0.5, 0.6) is 5.75 Å². The fourth-order valence-corrected chi connectivity index (χ4v) is 3.40. The van der Waals surface area contributed by atoms with Crippen molar-refractivity contribution in [3.8, 4) is 17.6 Å². The Balaban J connectivity index is 1.92. The van der Waals surface area contributed by atoms with E-state index in [0.29, 0.717) is 33.7 Å². The molecule has 1 aromatic heterocycles. The van der Waals surface area contributed by atoms with Gasteiger partial charge in [0.1, 0.15) is 11.6 Å². The Kier molecular flexibility index (Phi) is 7.30. The van der Waals surface area contributed by atoms with Crippen molar-refractivity contribution >= 4 is 27.2 Å². The summed E-state index contributed by atoms with van der Waals surface area (Å²) in [6.07, 6.45) is 2.96. The quantitative estimate of drug-likeness (QED) is 0.406. The molecule has 0 spiro atoms. The maximum atomic E-state index is 12.0. The molecule has 0 amide bonds. The van der Waals surface area contributed by atoms with Crippen LogP contribution in [0.3, 0.4) is 0 Å². The normalized spacial score (nSPS) is 13.2. The molecular formula is C23H25N5O3S. The lowest BCUT2D eigenvalue weighted by Gasteiger charge is -2.14. The van der Waals surface area contributed by atoms with E-state index < -0.39 is 9.73 Å². The van der Waals surface area contributed by atoms with Crippen molar-refractivity contribution in [3.05, 3.63) is 65.9 Å². The molecule has 3 rings (SSSR count). The van der Waals surface area contributed by atoms with E-state index in [2.05, 4.69) is 32.4 Å². The molecule has 0 fully saturated rings. The third kappa shape index (κ3) is 6.20. The van der Waals surface area contributed by atoms with E-state index in [1.807, 2.05) is 31.2 Å². The maximum Gasteiger partial charge on any atom is 0.229 e. The smallest absolute Gasteiger partial charge is 0.229 e. The molecule has 0 radical (unpaired) electrons. The summed E-state index contributed by atoms with van der Waals surface area (Å²) in [6, 6.07) is 13.9. The molecule has 9 heteroatoms. The number of nitrogens with zero attached hydrogens (tertiary/aromatic N) is 2. The number of ether oxygens (including phenoxy) is 1. The van der Waals surface area contributed by atoms with Crippen LogP contribution in [0.1, 0.15) is 18.1 Å². The van der Waals surface area contributed by atoms with E-state index in [1.165, 1.54) is 6.26 Å². The van der Waals surface area contributed by atoms with E-state index in [-0.39, 0.29) is 12.6 Å². The number of anilines is 3. The third-order valence-electron chi connectivity index (χ3n) is 4.40. The van der Waals surface area contributed by atoms with Crippen LogP contribution in [0.4, 0.5) is 17.5 Å². The molecule has 2 aromatic carbocycles. The summed E-state index contributed by atoms with van der Waals surface area (Å²) in [4.78, 5) is 9.25. The highest BCUT2D eigenvalue weighted by atomic mass is 32.2. The highest BCUT2D eigenvalue weighted by Crippen LogP contribution is 2.21. The maximum absolute atomic E-state index is 12.0. The number of nitrogens with one attached hydrogen (secondary N) is 3. The van der Waals surface area contributed by atoms with Crippen LogP contribution in [-0.2, 0) is 9.73 Å². The summed E-state index contributed by atoms with van der Waals surface area (Å²) in [5.74, 6) is 7.62. The number of benzene rings is 2. The van der Waals surface area contributed by atoms with Crippen molar-refractivity contribution < 1.29 is 14.1 Å². The van der Waals surface area contributed by atoms with E-state index >= 15 is 0 Å². The van der Waals surface area contributed by atoms with Crippen LogP contribution in [-0.4, -0.2) is 45.3 Å². The molecule has 0 aliphatic heterocycles. The molecule has 166 valence electrons. The van der Waals surface area contributed by atoms with Crippen molar-refractivity contribution in [2.24, 2.45) is 0 Å². The van der Waals surface area contributed by atoms with Gasteiger partial charge in [0, 0.05) is 28.4 Å². The topological polar surface area (TPSA) is 120 Å². The molecule has 1 heterocycles. The second-order valence-corrected chi connectivity index (χ2v) is 9.32. The average molecular weight is 452 g/mol. The van der Waals surface area contributed by atoms with E-state index in [9.17, 15) is 9.32 Å². The number of hydrogen-bond acceptors (Lipinski definition) is 8. The Hall–Kier alpha value is -3.61. The predicted molar refractivity (Wildman–Crippen MR) is 126 cm³/mol. The van der Waals surface area contributed by atoms with Crippen LogP contribution in [0, 0.1) is 16.6 Å². The lowest BCUT2D eigenvalue weighted by atomic mass is 10.2. The highest BCUT2D eigenvalue weighted by molar-refractivity contribution is 7.91. The summed E-state index contributed by atoms with van der Waals surface area (Å²) in [6.45, 7) is 1.75. The van der Waals surface area contributed by atoms with Crippen LogP contribution in [0.25, 0.3) is 0 Å². The third-order valence-corrected chi connectivity index (χ3v) is 5.55. The number of aliphatic hydroxyl groups is 1. The van der Waals surface area contributed by atoms with Gasteiger partial charge >= 0.3 is 0 Å². The first-order valence-electron chi connectivity index (χ1n) is 9.80. The van der Waals surface area contributed by atoms with E-state index in [1.54, 1.807) is 37.6 Å². The number of aliphatic hydroxyl groups excluding tert-OH is 1. The predicted octanol–water partition coefficient (Wildman–Crippen LogP) is 3.46. The molecule has 32 heavy (non-hydrogen) atoms. The Labute approximate surface area is 188 Å². The summed E-state index contributed by atoms with van der Waals surface area (Å²) in [5, 5.41) is 15.6. The minimum absolute atomic E-state index is 0.0775. The average Bonchev–Trinajstić information content (AvgIpc) is 2.78. The van der Waals surface area contributed by atoms with Gasteiger partial charge in [-0.1, -0.05) is 24.0 Å². The fourth-order valence-electron chi connectivity index (χ4n) is 2.71. The first-order valence-corrected chi connectivity index (χ1v) is 11.8. The van der Waals surface area contributed by atoms with Crippen LogP contribution in [0.2, 0.25) is 0 Å². The summed E-state index contributed by atoms with van der Waals surface area (Å²) in [7, 11) is -1.24. The largest absolute Gasteiger partial charge is 0.497 e. The van der Waals surface area contributed by atoms with Crippen LogP contribution in [0.15, 0.2) is 59.6 Å². The summed E-state index contributed by atoms with van der Waals surface area (Å²) < 4.78 is 25.0. The first-order chi connectivity index (χ1) is 15.3. The summed E-state index contributed by atoms with van der Waals surface area (Å²) in [5.41, 5.74) is 1.96. The van der Waals surface area contributed by atoms with Gasteiger partial charge < -0.3 is 20.5 Å². The van der Waals surface area contributed by atoms with Crippen molar-refractivity contribution in [1.29, 1.82) is 4.78 Å². The van der Waals surface area contributed by atoms with Gasteiger partial charge in [-0.2, -0.15) is 4.98 Å². The van der Waals surface area contributed by atoms with Gasteiger partial charge in [0.05, 0.1) is 35.2 Å². The number of rotatable bonds is 7. The van der Waals surface area contributed by atoms with Crippen LogP contribution >= 0.6 is 0 Å². The Morgan fingerprint density at radius 1 is 1.22 bits per heavy atom. The zero-order chi connectivity index (χ0) is 23.1. The van der Waals surface area contributed by atoms with Gasteiger partial charge in [-0.3, -0.25) is 0 Å². The number of aromatic nitrogens is 2. The molecule has 4 N–H and O–H groups in total. The van der Waals surface area contributed by atoms with Gasteiger partial charge in [-0.05, 0) is 43.3 Å². The van der Waals surface area contributed by atoms with Crippen molar-refractivity contribution in [1.82, 2.24) is 9.97 Å². The summed E-state index contributed by atoms with van der Waals surface area (Å²) >= 11 is 0. The lowest BCUT2D eigenvalue weighted by molar-refractivity contribution is 0.281. The number of methoxy groups -OCH3 is 1. The first kappa shape index (κ1) is 23.1. The zero-order valence-corrected chi connectivity index (χ0v) is 18.9. The molecule has 0 aliphatic carbocycles. The molecule has 8 nitrogen and oxygen atoms in total. The van der Waals surface area contributed by atoms with E-state index in [4.69, 9.17) is 9.52 Å². The second-order valence-electron chi connectivity index (χ2n) is 7.16. The number of hydrogen-bond donors (Lipinski definition) is 4. The molecule has 0 saturated heterocycles. The van der Waals surface area contributed by atoms with Gasteiger partial charge in [-0.25, -0.2) is 14.0 Å². The molecule has 0 aliphatic rings. The Morgan fingerprint density at radius 3 is 2.72 bits per heavy atom. The minimum Gasteiger partial charge on any atom is -0.497 e. The van der Waals surface area contributed by atoms with Crippen LogP contribution < -0.4 is 15.4 Å². The molecule has 2 unspecified atom stereocenters. The Bertz CT molecular complexity index is 1270. The highest BCUT2D eigenvalue weighted by Gasteiger charge is 2.10. The molecule has 3 aromatic rings. The van der Waals surface area contributed by atoms with Gasteiger partial charge in [0.15, 0.2) is 0 Å². The standard InChI is InChI=1S/C23H25N5O3S/c1-16(15-29)26-22-18(11-10-17-6-4-8-20(12-17)31-2)14-25-23(28-22)27-19-7-5-9-21(13-19)32(3,24)30/h4-9,12-14,16,24,29H,15H2,1-3H3,(H2,25,26,27,28). The fraction of sp³-hybridized carbons (Fsp3) is 0.217. The molecule has 0 bridgehead atoms. The zero-order valence-electron chi connectivity index (χ0n) is 18.0. The second kappa shape index (κ2) is 10.1. The van der Waals surface area contributed by atoms with Gasteiger partial charge in [-0.15, -0.1) is 0 Å². The molecular weight excluding hydrogens is 426 g/mol. The SMILES string of the molecule is COc1cccc(C#Cc2cnc(Nc3cccc(S(C)(=N)=O)c3)nc2NC(C)CO)c1. The minimum atomic E-state index is -2.84.